The third-order valence-corrected chi connectivity index (χ3v) is 5.47. The van der Waals surface area contributed by atoms with E-state index in [0.29, 0.717) is 19.8 Å². The molecule has 0 saturated carbocycles. The highest BCUT2D eigenvalue weighted by molar-refractivity contribution is 6.01. The summed E-state index contributed by atoms with van der Waals surface area (Å²) in [6, 6.07) is 6.07. The third kappa shape index (κ3) is 4.97. The highest BCUT2D eigenvalue weighted by Gasteiger charge is 2.40. The van der Waals surface area contributed by atoms with Gasteiger partial charge in [0.25, 0.3) is 5.79 Å². The standard InChI is InChI=1S/C22H29NO6/c1-14-16(3)29-20-11-18(8-9-19(14)20)15(2)23-28-10-6-5-7-17-12-26-22(4,21(24)25)27-13-17/h8-9,11,17H,5-7,10,12-13H2,1-4H3,(H,24,25)/b23-15-. The van der Waals surface area contributed by atoms with Crippen LogP contribution in [0, 0.1) is 19.8 Å². The Bertz CT molecular complexity index is 892. The summed E-state index contributed by atoms with van der Waals surface area (Å²) in [5.74, 6) is -1.46. The Morgan fingerprint density at radius 2 is 2.00 bits per heavy atom. The number of furan rings is 1. The molecule has 3 rings (SSSR count). The average molecular weight is 403 g/mol. The monoisotopic (exact) mass is 403 g/mol. The second-order valence-corrected chi connectivity index (χ2v) is 7.74. The van der Waals surface area contributed by atoms with Crippen LogP contribution in [-0.2, 0) is 19.1 Å². The molecule has 7 heteroatoms. The van der Waals surface area contributed by atoms with Crippen LogP contribution in [-0.4, -0.2) is 42.4 Å². The van der Waals surface area contributed by atoms with Crippen molar-refractivity contribution in [3.63, 3.8) is 0 Å². The predicted molar refractivity (Wildman–Crippen MR) is 109 cm³/mol. The largest absolute Gasteiger partial charge is 0.477 e. The molecular weight excluding hydrogens is 374 g/mol. The lowest BCUT2D eigenvalue weighted by Crippen LogP contribution is -2.47. The first-order valence-electron chi connectivity index (χ1n) is 9.98. The summed E-state index contributed by atoms with van der Waals surface area (Å²) in [6.07, 6.45) is 2.70. The van der Waals surface area contributed by atoms with Crippen molar-refractivity contribution in [1.82, 2.24) is 0 Å². The van der Waals surface area contributed by atoms with Crippen LogP contribution in [0.4, 0.5) is 0 Å². The fraction of sp³-hybridized carbons (Fsp3) is 0.545. The van der Waals surface area contributed by atoms with E-state index in [9.17, 15) is 4.79 Å². The van der Waals surface area contributed by atoms with Crippen LogP contribution < -0.4 is 0 Å². The number of benzene rings is 1. The molecule has 1 aliphatic rings. The van der Waals surface area contributed by atoms with Gasteiger partial charge >= 0.3 is 5.97 Å². The highest BCUT2D eigenvalue weighted by atomic mass is 16.7. The topological polar surface area (TPSA) is 90.5 Å². The zero-order valence-electron chi connectivity index (χ0n) is 17.5. The van der Waals surface area contributed by atoms with Gasteiger partial charge in [0, 0.05) is 23.8 Å². The number of carboxylic acids is 1. The second-order valence-electron chi connectivity index (χ2n) is 7.74. The molecule has 1 aromatic carbocycles. The SMILES string of the molecule is C/C(=N/OCCCCC1COC(C)(C(=O)O)OC1)c1ccc2c(C)c(C)oc2c1. The smallest absolute Gasteiger partial charge is 0.364 e. The zero-order chi connectivity index (χ0) is 21.0. The minimum Gasteiger partial charge on any atom is -0.477 e. The van der Waals surface area contributed by atoms with E-state index in [2.05, 4.69) is 18.1 Å². The van der Waals surface area contributed by atoms with Gasteiger partial charge in [-0.05, 0) is 51.7 Å². The van der Waals surface area contributed by atoms with E-state index in [1.807, 2.05) is 26.0 Å². The number of oxime groups is 1. The lowest BCUT2D eigenvalue weighted by Gasteiger charge is -2.34. The molecule has 1 N–H and O–H groups in total. The van der Waals surface area contributed by atoms with Gasteiger partial charge in [-0.3, -0.25) is 0 Å². The van der Waals surface area contributed by atoms with Crippen LogP contribution in [0.3, 0.4) is 0 Å². The fourth-order valence-corrected chi connectivity index (χ4v) is 3.30. The zero-order valence-corrected chi connectivity index (χ0v) is 17.5. The van der Waals surface area contributed by atoms with E-state index in [1.54, 1.807) is 0 Å². The van der Waals surface area contributed by atoms with Gasteiger partial charge in [-0.25, -0.2) is 4.79 Å². The summed E-state index contributed by atoms with van der Waals surface area (Å²) in [6.45, 7) is 8.70. The highest BCUT2D eigenvalue weighted by Crippen LogP contribution is 2.26. The van der Waals surface area contributed by atoms with Crippen LogP contribution in [0.25, 0.3) is 11.0 Å². The Morgan fingerprint density at radius 3 is 2.69 bits per heavy atom. The molecule has 0 radical (unpaired) electrons. The first kappa shape index (κ1) is 21.3. The number of hydrogen-bond acceptors (Lipinski definition) is 6. The average Bonchev–Trinajstić information content (AvgIpc) is 2.99. The molecule has 1 aromatic heterocycles. The van der Waals surface area contributed by atoms with E-state index < -0.39 is 11.8 Å². The molecule has 1 aliphatic heterocycles. The maximum absolute atomic E-state index is 11.1. The molecule has 1 fully saturated rings. The minimum absolute atomic E-state index is 0.208. The molecule has 0 spiro atoms. The van der Waals surface area contributed by atoms with Gasteiger partial charge in [-0.2, -0.15) is 0 Å². The maximum atomic E-state index is 11.1. The van der Waals surface area contributed by atoms with Crippen molar-refractivity contribution in [2.24, 2.45) is 11.1 Å². The molecule has 2 heterocycles. The molecule has 158 valence electrons. The summed E-state index contributed by atoms with van der Waals surface area (Å²) in [5.41, 5.74) is 3.81. The first-order chi connectivity index (χ1) is 13.8. The second kappa shape index (κ2) is 8.97. The minimum atomic E-state index is -1.51. The van der Waals surface area contributed by atoms with Crippen molar-refractivity contribution in [3.05, 3.63) is 35.1 Å². The molecule has 7 nitrogen and oxygen atoms in total. The number of aliphatic carboxylic acids is 1. The molecule has 0 bridgehead atoms. The normalized spacial score (nSPS) is 22.8. The quantitative estimate of drug-likeness (QED) is 0.398. The van der Waals surface area contributed by atoms with Crippen molar-refractivity contribution in [2.75, 3.05) is 19.8 Å². The number of unbranched alkanes of at least 4 members (excludes halogenated alkanes) is 1. The molecule has 0 unspecified atom stereocenters. The molecular formula is C22H29NO6. The molecule has 29 heavy (non-hydrogen) atoms. The van der Waals surface area contributed by atoms with Crippen molar-refractivity contribution in [1.29, 1.82) is 0 Å². The molecule has 0 atom stereocenters. The van der Waals surface area contributed by atoms with Gasteiger partial charge in [0.2, 0.25) is 0 Å². The van der Waals surface area contributed by atoms with Gasteiger partial charge in [-0.15, -0.1) is 0 Å². The first-order valence-corrected chi connectivity index (χ1v) is 9.98. The van der Waals surface area contributed by atoms with Gasteiger partial charge in [0.05, 0.1) is 18.9 Å². The Balaban J connectivity index is 1.39. The fourth-order valence-electron chi connectivity index (χ4n) is 3.30. The third-order valence-electron chi connectivity index (χ3n) is 5.47. The van der Waals surface area contributed by atoms with Gasteiger partial charge in [-0.1, -0.05) is 17.3 Å². The van der Waals surface area contributed by atoms with Crippen molar-refractivity contribution in [2.45, 2.75) is 52.7 Å². The van der Waals surface area contributed by atoms with Crippen molar-refractivity contribution >= 4 is 22.7 Å². The Kier molecular flexibility index (Phi) is 6.59. The van der Waals surface area contributed by atoms with Gasteiger partial charge in [0.15, 0.2) is 0 Å². The summed E-state index contributed by atoms with van der Waals surface area (Å²) < 4.78 is 16.5. The number of fused-ring (bicyclic) bond motifs is 1. The molecule has 1 saturated heterocycles. The van der Waals surface area contributed by atoms with E-state index in [-0.39, 0.29) is 5.92 Å². The van der Waals surface area contributed by atoms with Crippen molar-refractivity contribution in [3.8, 4) is 0 Å². The van der Waals surface area contributed by atoms with Crippen LogP contribution in [0.5, 0.6) is 0 Å². The van der Waals surface area contributed by atoms with Crippen LogP contribution in [0.2, 0.25) is 0 Å². The van der Waals surface area contributed by atoms with E-state index in [4.69, 9.17) is 23.8 Å². The van der Waals surface area contributed by atoms with Crippen molar-refractivity contribution < 1.29 is 28.6 Å². The lowest BCUT2D eigenvalue weighted by atomic mass is 10.0. The Hall–Kier alpha value is -2.38. The van der Waals surface area contributed by atoms with Gasteiger partial charge in [0.1, 0.15) is 18.0 Å². The van der Waals surface area contributed by atoms with Crippen LogP contribution >= 0.6 is 0 Å². The lowest BCUT2D eigenvalue weighted by molar-refractivity contribution is -0.271. The van der Waals surface area contributed by atoms with Gasteiger partial charge < -0.3 is 23.8 Å². The maximum Gasteiger partial charge on any atom is 0.364 e. The molecule has 2 aromatic rings. The summed E-state index contributed by atoms with van der Waals surface area (Å²) >= 11 is 0. The number of ether oxygens (including phenoxy) is 2. The summed E-state index contributed by atoms with van der Waals surface area (Å²) in [4.78, 5) is 16.5. The summed E-state index contributed by atoms with van der Waals surface area (Å²) in [7, 11) is 0. The van der Waals surface area contributed by atoms with E-state index in [1.165, 1.54) is 12.5 Å². The number of carboxylic acid groups (broad SMARTS) is 1. The number of nitrogens with zero attached hydrogens (tertiary/aromatic N) is 1. The molecule has 0 aliphatic carbocycles. The Labute approximate surface area is 170 Å². The predicted octanol–water partition coefficient (Wildman–Crippen LogP) is 4.42. The number of carbonyl (C=O) groups is 1. The summed E-state index contributed by atoms with van der Waals surface area (Å²) in [5, 5.41) is 14.4. The number of hydrogen-bond donors (Lipinski definition) is 1. The number of rotatable bonds is 8. The van der Waals surface area contributed by atoms with Crippen LogP contribution in [0.1, 0.15) is 50.0 Å². The Morgan fingerprint density at radius 1 is 1.28 bits per heavy atom. The molecule has 0 amide bonds. The van der Waals surface area contributed by atoms with E-state index in [0.717, 1.165) is 47.3 Å². The van der Waals surface area contributed by atoms with Crippen LogP contribution in [0.15, 0.2) is 27.8 Å². The number of aryl methyl sites for hydroxylation is 2. The van der Waals surface area contributed by atoms with E-state index >= 15 is 0 Å².